The molecule has 3 nitrogen and oxygen atoms in total. The Hall–Kier alpha value is -1.49. The molecule has 2 aliphatic heterocycles. The molecule has 5 heteroatoms. The van der Waals surface area contributed by atoms with Gasteiger partial charge >= 0.3 is 0 Å². The van der Waals surface area contributed by atoms with Crippen LogP contribution >= 0.6 is 24.2 Å². The van der Waals surface area contributed by atoms with Crippen molar-refractivity contribution in [3.63, 3.8) is 0 Å². The highest BCUT2D eigenvalue weighted by Gasteiger charge is 2.38. The van der Waals surface area contributed by atoms with Crippen LogP contribution in [-0.2, 0) is 5.75 Å². The number of hydrogen-bond donors (Lipinski definition) is 1. The van der Waals surface area contributed by atoms with Crippen molar-refractivity contribution in [2.45, 2.75) is 43.8 Å². The topological polar surface area (TPSA) is 32.3 Å². The molecule has 2 fully saturated rings. The van der Waals surface area contributed by atoms with Gasteiger partial charge in [0, 0.05) is 35.8 Å². The van der Waals surface area contributed by atoms with E-state index in [-0.39, 0.29) is 18.3 Å². The molecular weight excluding hydrogens is 400 g/mol. The Labute approximate surface area is 185 Å². The van der Waals surface area contributed by atoms with E-state index in [1.807, 2.05) is 23.9 Å². The molecule has 0 aromatic heterocycles. The minimum Gasteiger partial charge on any atom is -0.339 e. The summed E-state index contributed by atoms with van der Waals surface area (Å²) in [5.74, 6) is 1.08. The molecule has 2 heterocycles. The van der Waals surface area contributed by atoms with Gasteiger partial charge in [0.1, 0.15) is 0 Å². The predicted molar refractivity (Wildman–Crippen MR) is 124 cm³/mol. The molecular formula is C24H31ClN2OS. The summed E-state index contributed by atoms with van der Waals surface area (Å²) in [6.07, 6.45) is 3.53. The van der Waals surface area contributed by atoms with E-state index < -0.39 is 0 Å². The highest BCUT2D eigenvalue weighted by molar-refractivity contribution is 7.98. The lowest BCUT2D eigenvalue weighted by molar-refractivity contribution is 0.0607. The van der Waals surface area contributed by atoms with E-state index in [9.17, 15) is 4.79 Å². The first kappa shape index (κ1) is 22.2. The van der Waals surface area contributed by atoms with Crippen LogP contribution in [0.5, 0.6) is 0 Å². The van der Waals surface area contributed by atoms with Crippen LogP contribution < -0.4 is 5.32 Å². The van der Waals surface area contributed by atoms with E-state index in [1.54, 1.807) is 0 Å². The Bertz CT molecular complexity index is 854. The molecule has 2 saturated heterocycles. The van der Waals surface area contributed by atoms with E-state index >= 15 is 0 Å². The molecule has 0 aliphatic carbocycles. The molecule has 0 unspecified atom stereocenters. The van der Waals surface area contributed by atoms with Crippen molar-refractivity contribution in [2.24, 2.45) is 5.41 Å². The van der Waals surface area contributed by atoms with E-state index in [1.165, 1.54) is 28.0 Å². The summed E-state index contributed by atoms with van der Waals surface area (Å²) in [4.78, 5) is 16.4. The third-order valence-electron chi connectivity index (χ3n) is 6.36. The maximum absolute atomic E-state index is 13.0. The fraction of sp³-hybridized carbons (Fsp3) is 0.458. The predicted octanol–water partition coefficient (Wildman–Crippen LogP) is 5.23. The third kappa shape index (κ3) is 5.17. The number of aryl methyl sites for hydroxylation is 2. The second kappa shape index (κ2) is 9.55. The average Bonchev–Trinajstić information content (AvgIpc) is 3.17. The van der Waals surface area contributed by atoms with Crippen LogP contribution in [0, 0.1) is 19.3 Å². The lowest BCUT2D eigenvalue weighted by atomic mass is 9.78. The van der Waals surface area contributed by atoms with Gasteiger partial charge in [0.25, 0.3) is 5.91 Å². The van der Waals surface area contributed by atoms with Crippen molar-refractivity contribution < 1.29 is 4.79 Å². The Morgan fingerprint density at radius 1 is 1.10 bits per heavy atom. The summed E-state index contributed by atoms with van der Waals surface area (Å²) < 4.78 is 0. The summed E-state index contributed by atoms with van der Waals surface area (Å²) in [6, 6.07) is 14.8. The molecule has 4 rings (SSSR count). The summed E-state index contributed by atoms with van der Waals surface area (Å²) in [6.45, 7) is 8.33. The van der Waals surface area contributed by atoms with Crippen LogP contribution in [0.15, 0.2) is 47.4 Å². The van der Waals surface area contributed by atoms with Crippen LogP contribution in [0.2, 0.25) is 0 Å². The summed E-state index contributed by atoms with van der Waals surface area (Å²) >= 11 is 1.85. The first-order valence-electron chi connectivity index (χ1n) is 10.3. The number of likely N-dealkylation sites (tertiary alicyclic amines) is 1. The number of rotatable bonds is 4. The monoisotopic (exact) mass is 430 g/mol. The molecule has 0 atom stereocenters. The van der Waals surface area contributed by atoms with Crippen molar-refractivity contribution in [3.8, 4) is 0 Å². The zero-order chi connectivity index (χ0) is 19.6. The molecule has 2 aromatic rings. The Kier molecular flexibility index (Phi) is 7.31. The number of halogens is 1. The normalized spacial score (nSPS) is 17.9. The van der Waals surface area contributed by atoms with Gasteiger partial charge in [-0.1, -0.05) is 29.8 Å². The van der Waals surface area contributed by atoms with Crippen LogP contribution in [0.4, 0.5) is 0 Å². The van der Waals surface area contributed by atoms with Crippen LogP contribution in [0.1, 0.15) is 46.3 Å². The van der Waals surface area contributed by atoms with Crippen LogP contribution in [0.25, 0.3) is 0 Å². The van der Waals surface area contributed by atoms with Crippen molar-refractivity contribution in [1.29, 1.82) is 0 Å². The van der Waals surface area contributed by atoms with Gasteiger partial charge in [-0.2, -0.15) is 0 Å². The van der Waals surface area contributed by atoms with Gasteiger partial charge in [0.2, 0.25) is 0 Å². The molecule has 0 bridgehead atoms. The van der Waals surface area contributed by atoms with Crippen LogP contribution in [0.3, 0.4) is 0 Å². The molecule has 0 saturated carbocycles. The molecule has 29 heavy (non-hydrogen) atoms. The lowest BCUT2D eigenvalue weighted by Crippen LogP contribution is -2.44. The van der Waals surface area contributed by atoms with Crippen LogP contribution in [-0.4, -0.2) is 37.0 Å². The molecule has 2 aromatic carbocycles. The third-order valence-corrected chi connectivity index (χ3v) is 7.58. The fourth-order valence-electron chi connectivity index (χ4n) is 4.41. The Morgan fingerprint density at radius 3 is 2.62 bits per heavy atom. The zero-order valence-corrected chi connectivity index (χ0v) is 19.0. The summed E-state index contributed by atoms with van der Waals surface area (Å²) in [5, 5.41) is 3.50. The smallest absolute Gasteiger partial charge is 0.253 e. The lowest BCUT2D eigenvalue weighted by Gasteiger charge is -2.39. The zero-order valence-electron chi connectivity index (χ0n) is 17.4. The SMILES string of the molecule is Cc1ccc(C)c(SCc2cccc(C(=O)N3CCC4(CCNC4)CC3)c2)c1.Cl. The maximum Gasteiger partial charge on any atom is 0.253 e. The first-order valence-corrected chi connectivity index (χ1v) is 11.3. The second-order valence-corrected chi connectivity index (χ2v) is 9.49. The second-order valence-electron chi connectivity index (χ2n) is 8.48. The van der Waals surface area contributed by atoms with Gasteiger partial charge in [-0.25, -0.2) is 0 Å². The van der Waals surface area contributed by atoms with E-state index in [0.29, 0.717) is 5.41 Å². The molecule has 0 radical (unpaired) electrons. The maximum atomic E-state index is 13.0. The van der Waals surface area contributed by atoms with Gasteiger partial charge in [0.15, 0.2) is 0 Å². The number of hydrogen-bond acceptors (Lipinski definition) is 3. The van der Waals surface area contributed by atoms with E-state index in [4.69, 9.17) is 0 Å². The minimum absolute atomic E-state index is 0. The number of amides is 1. The van der Waals surface area contributed by atoms with Gasteiger partial charge in [-0.15, -0.1) is 24.2 Å². The molecule has 1 amide bonds. The highest BCUT2D eigenvalue weighted by Crippen LogP contribution is 2.37. The van der Waals surface area contributed by atoms with Gasteiger partial charge < -0.3 is 10.2 Å². The summed E-state index contributed by atoms with van der Waals surface area (Å²) in [5.41, 5.74) is 5.09. The Morgan fingerprint density at radius 2 is 1.90 bits per heavy atom. The number of nitrogens with zero attached hydrogens (tertiary/aromatic N) is 1. The molecule has 1 spiro atoms. The quantitative estimate of drug-likeness (QED) is 0.673. The summed E-state index contributed by atoms with van der Waals surface area (Å²) in [7, 11) is 0. The number of nitrogens with one attached hydrogen (secondary N) is 1. The van der Waals surface area contributed by atoms with E-state index in [2.05, 4.69) is 54.4 Å². The largest absolute Gasteiger partial charge is 0.339 e. The van der Waals surface area contributed by atoms with Crippen molar-refractivity contribution in [2.75, 3.05) is 26.2 Å². The number of carbonyl (C=O) groups is 1. The first-order chi connectivity index (χ1) is 13.5. The number of thioether (sulfide) groups is 1. The standard InChI is InChI=1S/C24H30N2OS.ClH/c1-18-6-7-19(2)22(14-18)28-16-20-4-3-5-21(15-20)23(27)26-12-9-24(10-13-26)8-11-25-17-24;/h3-7,14-15,25H,8-13,16-17H2,1-2H3;1H. The number of carbonyl (C=O) groups excluding carboxylic acids is 1. The Balaban J connectivity index is 0.00000240. The van der Waals surface area contributed by atoms with Gasteiger partial charge in [0.05, 0.1) is 0 Å². The molecule has 156 valence electrons. The number of piperidine rings is 1. The van der Waals surface area contributed by atoms with Gasteiger partial charge in [-0.05, 0) is 74.4 Å². The number of benzene rings is 2. The highest BCUT2D eigenvalue weighted by atomic mass is 35.5. The van der Waals surface area contributed by atoms with Crippen molar-refractivity contribution >= 4 is 30.1 Å². The van der Waals surface area contributed by atoms with Gasteiger partial charge in [-0.3, -0.25) is 4.79 Å². The average molecular weight is 431 g/mol. The molecule has 2 aliphatic rings. The fourth-order valence-corrected chi connectivity index (χ4v) is 5.47. The minimum atomic E-state index is 0. The van der Waals surface area contributed by atoms with Crippen molar-refractivity contribution in [1.82, 2.24) is 10.2 Å². The van der Waals surface area contributed by atoms with Crippen molar-refractivity contribution in [3.05, 3.63) is 64.7 Å². The molecule has 1 N–H and O–H groups in total. The van der Waals surface area contributed by atoms with E-state index in [0.717, 1.165) is 50.3 Å².